The van der Waals surface area contributed by atoms with Crippen LogP contribution < -0.4 is 0 Å². The van der Waals surface area contributed by atoms with E-state index in [9.17, 15) is 0 Å². The van der Waals surface area contributed by atoms with E-state index in [1.165, 1.54) is 4.70 Å². The van der Waals surface area contributed by atoms with E-state index in [1.807, 2.05) is 31.5 Å². The number of thioether (sulfide) groups is 1. The van der Waals surface area contributed by atoms with Crippen molar-refractivity contribution in [1.82, 2.24) is 19.7 Å². The minimum Gasteiger partial charge on any atom is -0.413 e. The van der Waals surface area contributed by atoms with Crippen molar-refractivity contribution >= 4 is 45.5 Å². The third-order valence-corrected chi connectivity index (χ3v) is 4.89. The van der Waals surface area contributed by atoms with E-state index in [1.54, 1.807) is 27.8 Å². The summed E-state index contributed by atoms with van der Waals surface area (Å²) in [5.74, 6) is 1.41. The molecule has 0 aliphatic carbocycles. The highest BCUT2D eigenvalue weighted by Crippen LogP contribution is 2.22. The van der Waals surface area contributed by atoms with Gasteiger partial charge in [0.15, 0.2) is 0 Å². The minimum atomic E-state index is 0.417. The number of nitrogens with zero attached hydrogens (tertiary/aromatic N) is 4. The number of hydrogen-bond donors (Lipinski definition) is 0. The van der Waals surface area contributed by atoms with Crippen LogP contribution in [0, 0.1) is 4.84 Å². The monoisotopic (exact) mass is 352 g/mol. The summed E-state index contributed by atoms with van der Waals surface area (Å²) in [5.41, 5.74) is 1.05. The maximum absolute atomic E-state index is 5.46. The molecule has 2 heterocycles. The number of thiazole rings is 1. The van der Waals surface area contributed by atoms with Crippen LogP contribution in [0.4, 0.5) is 0 Å². The summed E-state index contributed by atoms with van der Waals surface area (Å²) in [4.78, 5) is 7.19. The number of para-hydroxylation sites is 1. The molecule has 0 saturated heterocycles. The first-order valence-corrected chi connectivity index (χ1v) is 9.36. The van der Waals surface area contributed by atoms with Gasteiger partial charge in [-0.2, -0.15) is 11.8 Å². The molecule has 2 aromatic heterocycles. The first kappa shape index (κ1) is 15.7. The second kappa shape index (κ2) is 6.91. The van der Waals surface area contributed by atoms with Crippen molar-refractivity contribution < 1.29 is 4.42 Å². The van der Waals surface area contributed by atoms with Crippen molar-refractivity contribution in [2.45, 2.75) is 19.0 Å². The Morgan fingerprint density at radius 1 is 1.41 bits per heavy atom. The van der Waals surface area contributed by atoms with E-state index >= 15 is 0 Å². The van der Waals surface area contributed by atoms with Crippen LogP contribution in [0.2, 0.25) is 0 Å². The molecule has 3 rings (SSSR count). The van der Waals surface area contributed by atoms with E-state index in [2.05, 4.69) is 21.0 Å². The molecule has 0 N–H and O–H groups in total. The molecule has 1 aromatic carbocycles. The fourth-order valence-electron chi connectivity index (χ4n) is 2.12. The van der Waals surface area contributed by atoms with E-state index in [0.29, 0.717) is 17.4 Å². The van der Waals surface area contributed by atoms with Crippen LogP contribution >= 0.6 is 35.3 Å². The highest BCUT2D eigenvalue weighted by atomic mass is 32.2. The normalized spacial score (nSPS) is 11.6. The Kier molecular flexibility index (Phi) is 4.92. The van der Waals surface area contributed by atoms with Crippen LogP contribution in [0.25, 0.3) is 10.2 Å². The molecule has 0 aliphatic rings. The maximum Gasteiger partial charge on any atom is 0.288 e. The Morgan fingerprint density at radius 3 is 3.00 bits per heavy atom. The topological polar surface area (TPSA) is 47.1 Å². The van der Waals surface area contributed by atoms with Gasteiger partial charge in [-0.1, -0.05) is 12.1 Å². The highest BCUT2D eigenvalue weighted by Gasteiger charge is 2.10. The third-order valence-electron chi connectivity index (χ3n) is 3.03. The van der Waals surface area contributed by atoms with Gasteiger partial charge >= 0.3 is 0 Å². The molecule has 0 spiro atoms. The zero-order chi connectivity index (χ0) is 15.5. The molecule has 116 valence electrons. The number of benzene rings is 1. The largest absolute Gasteiger partial charge is 0.413 e. The van der Waals surface area contributed by atoms with Crippen molar-refractivity contribution in [2.75, 3.05) is 13.3 Å². The zero-order valence-electron chi connectivity index (χ0n) is 12.4. The Labute approximate surface area is 142 Å². The molecular formula is C14H16N4OS3. The fraction of sp³-hybridized carbons (Fsp3) is 0.357. The fourth-order valence-corrected chi connectivity index (χ4v) is 3.72. The molecule has 8 heteroatoms. The Balaban J connectivity index is 1.69. The zero-order valence-corrected chi connectivity index (χ0v) is 14.8. The molecule has 0 fully saturated rings. The number of fused-ring (bicyclic) bond motifs is 1. The molecular weight excluding hydrogens is 336 g/mol. The SMILES string of the molecule is CSCc1nn(CN(C)Cc2nc3ccccc3s2)c(=S)o1. The molecule has 0 unspecified atom stereocenters. The van der Waals surface area contributed by atoms with Gasteiger partial charge in [0.05, 0.1) is 29.2 Å². The van der Waals surface area contributed by atoms with Gasteiger partial charge in [0.2, 0.25) is 5.89 Å². The van der Waals surface area contributed by atoms with Crippen molar-refractivity contribution in [1.29, 1.82) is 0 Å². The Bertz CT molecular complexity index is 790. The van der Waals surface area contributed by atoms with Crippen LogP contribution in [0.3, 0.4) is 0 Å². The van der Waals surface area contributed by atoms with Crippen molar-refractivity contribution in [2.24, 2.45) is 0 Å². The van der Waals surface area contributed by atoms with Crippen LogP contribution in [-0.2, 0) is 19.0 Å². The molecule has 0 saturated carbocycles. The average Bonchev–Trinajstić information content (AvgIpc) is 3.02. The van der Waals surface area contributed by atoms with E-state index in [-0.39, 0.29) is 0 Å². The molecule has 0 radical (unpaired) electrons. The van der Waals surface area contributed by atoms with Crippen molar-refractivity contribution in [3.8, 4) is 0 Å². The number of hydrogen-bond acceptors (Lipinski definition) is 7. The summed E-state index contributed by atoms with van der Waals surface area (Å²) >= 11 is 8.59. The number of aromatic nitrogens is 3. The van der Waals surface area contributed by atoms with E-state index in [4.69, 9.17) is 16.6 Å². The minimum absolute atomic E-state index is 0.417. The van der Waals surface area contributed by atoms with Crippen LogP contribution in [0.1, 0.15) is 10.9 Å². The summed E-state index contributed by atoms with van der Waals surface area (Å²) in [6.07, 6.45) is 2.01. The quantitative estimate of drug-likeness (QED) is 0.629. The van der Waals surface area contributed by atoms with Crippen molar-refractivity contribution in [3.63, 3.8) is 0 Å². The van der Waals surface area contributed by atoms with E-state index in [0.717, 1.165) is 22.8 Å². The average molecular weight is 353 g/mol. The standard InChI is InChI=1S/C14H16N4OS3/c1-17(9-18-14(20)19-12(16-18)8-21-2)7-13-15-10-5-3-4-6-11(10)22-13/h3-6H,7-9H2,1-2H3. The van der Waals surface area contributed by atoms with Crippen molar-refractivity contribution in [3.05, 3.63) is 40.0 Å². The van der Waals surface area contributed by atoms with Gasteiger partial charge in [-0.25, -0.2) is 9.67 Å². The second-order valence-electron chi connectivity index (χ2n) is 4.93. The molecule has 0 amide bonds. The lowest BCUT2D eigenvalue weighted by Gasteiger charge is -2.13. The molecule has 3 aromatic rings. The third kappa shape index (κ3) is 3.57. The molecule has 22 heavy (non-hydrogen) atoms. The summed E-state index contributed by atoms with van der Waals surface area (Å²) in [6.45, 7) is 1.35. The van der Waals surface area contributed by atoms with Gasteiger partial charge in [0, 0.05) is 0 Å². The van der Waals surface area contributed by atoms with Crippen LogP contribution in [0.5, 0.6) is 0 Å². The van der Waals surface area contributed by atoms with Gasteiger partial charge in [0.25, 0.3) is 4.84 Å². The molecule has 0 aliphatic heterocycles. The Morgan fingerprint density at radius 2 is 2.23 bits per heavy atom. The summed E-state index contributed by atoms with van der Waals surface area (Å²) < 4.78 is 8.39. The second-order valence-corrected chi connectivity index (χ2v) is 7.26. The first-order chi connectivity index (χ1) is 10.7. The molecule has 0 bridgehead atoms. The maximum atomic E-state index is 5.46. The van der Waals surface area contributed by atoms with Gasteiger partial charge in [-0.05, 0) is 37.7 Å². The van der Waals surface area contributed by atoms with Gasteiger partial charge in [-0.15, -0.1) is 16.4 Å². The lowest BCUT2D eigenvalue weighted by Crippen LogP contribution is -2.22. The summed E-state index contributed by atoms with van der Waals surface area (Å²) in [7, 11) is 2.02. The van der Waals surface area contributed by atoms with E-state index < -0.39 is 0 Å². The predicted octanol–water partition coefficient (Wildman–Crippen LogP) is 3.77. The van der Waals surface area contributed by atoms with Gasteiger partial charge in [-0.3, -0.25) is 4.90 Å². The lowest BCUT2D eigenvalue weighted by molar-refractivity contribution is 0.240. The lowest BCUT2D eigenvalue weighted by atomic mass is 10.3. The Hall–Kier alpha value is -1.22. The highest BCUT2D eigenvalue weighted by molar-refractivity contribution is 7.97. The van der Waals surface area contributed by atoms with Crippen LogP contribution in [0.15, 0.2) is 28.7 Å². The summed E-state index contributed by atoms with van der Waals surface area (Å²) in [5, 5.41) is 5.48. The molecule has 5 nitrogen and oxygen atoms in total. The number of rotatable bonds is 6. The first-order valence-electron chi connectivity index (χ1n) is 6.74. The van der Waals surface area contributed by atoms with Gasteiger partial charge < -0.3 is 4.42 Å². The van der Waals surface area contributed by atoms with Gasteiger partial charge in [0.1, 0.15) is 5.01 Å². The smallest absolute Gasteiger partial charge is 0.288 e. The predicted molar refractivity (Wildman–Crippen MR) is 93.6 cm³/mol. The molecule has 0 atom stereocenters. The summed E-state index contributed by atoms with van der Waals surface area (Å²) in [6, 6.07) is 8.18. The van der Waals surface area contributed by atoms with Crippen LogP contribution in [-0.4, -0.2) is 33.0 Å².